The quantitative estimate of drug-likeness (QED) is 0.302. The first-order valence-corrected chi connectivity index (χ1v) is 11.4. The lowest BCUT2D eigenvalue weighted by atomic mass is 9.88. The topological polar surface area (TPSA) is 21.3 Å². The molecule has 148 valence electrons. The van der Waals surface area contributed by atoms with E-state index in [9.17, 15) is 0 Å². The zero-order valence-corrected chi connectivity index (χ0v) is 18.9. The number of hydrogen-bond donors (Lipinski definition) is 1. The Kier molecular flexibility index (Phi) is 6.67. The fourth-order valence-electron chi connectivity index (χ4n) is 3.91. The molecule has 1 unspecified atom stereocenters. The maximum Gasteiger partial charge on any atom is 0.150 e. The van der Waals surface area contributed by atoms with Gasteiger partial charge in [-0.25, -0.2) is 0 Å². The molecule has 1 heterocycles. The lowest BCUT2D eigenvalue weighted by Gasteiger charge is -2.18. The smallest absolute Gasteiger partial charge is 0.150 e. The number of halogens is 1. The number of hydrogen-bond acceptors (Lipinski definition) is 2. The minimum absolute atomic E-state index is 0.141. The van der Waals surface area contributed by atoms with Crippen LogP contribution in [-0.4, -0.2) is 12.8 Å². The van der Waals surface area contributed by atoms with Crippen molar-refractivity contribution in [1.82, 2.24) is 5.32 Å². The Labute approximate surface area is 187 Å². The van der Waals surface area contributed by atoms with E-state index < -0.39 is 0 Å². The van der Waals surface area contributed by atoms with E-state index in [1.54, 1.807) is 0 Å². The number of nitrogens with one attached hydrogen (secondary N) is 1. The maximum absolute atomic E-state index is 6.07. The van der Waals surface area contributed by atoms with Crippen LogP contribution in [0.3, 0.4) is 0 Å². The van der Waals surface area contributed by atoms with Crippen LogP contribution in [0.1, 0.15) is 42.9 Å². The summed E-state index contributed by atoms with van der Waals surface area (Å²) in [6.07, 6.45) is 3.36. The fraction of sp³-hybridized carbons (Fsp3) is 0.231. The molecule has 3 heteroatoms. The second-order valence-electron chi connectivity index (χ2n) is 7.31. The molecule has 1 aliphatic rings. The van der Waals surface area contributed by atoms with E-state index >= 15 is 0 Å². The summed E-state index contributed by atoms with van der Waals surface area (Å²) < 4.78 is 7.32. The van der Waals surface area contributed by atoms with Gasteiger partial charge >= 0.3 is 0 Å². The molecule has 2 nitrogen and oxygen atoms in total. The van der Waals surface area contributed by atoms with E-state index in [4.69, 9.17) is 4.74 Å². The summed E-state index contributed by atoms with van der Waals surface area (Å²) >= 11 is 2.36. The van der Waals surface area contributed by atoms with Gasteiger partial charge in [-0.3, -0.25) is 5.32 Å². The zero-order chi connectivity index (χ0) is 20.1. The summed E-state index contributed by atoms with van der Waals surface area (Å²) in [6.45, 7) is 3.28. The maximum atomic E-state index is 6.07. The van der Waals surface area contributed by atoms with Gasteiger partial charge in [0.1, 0.15) is 12.0 Å². The van der Waals surface area contributed by atoms with Crippen LogP contribution in [0.25, 0.3) is 11.1 Å². The van der Waals surface area contributed by atoms with Crippen molar-refractivity contribution in [2.75, 3.05) is 6.54 Å². The molecule has 1 N–H and O–H groups in total. The van der Waals surface area contributed by atoms with Gasteiger partial charge in [0.2, 0.25) is 0 Å². The summed E-state index contributed by atoms with van der Waals surface area (Å²) in [6, 6.07) is 28.1. The second kappa shape index (κ2) is 9.59. The van der Waals surface area contributed by atoms with Crippen LogP contribution in [0.15, 0.2) is 78.9 Å². The molecular weight excluding hydrogens is 469 g/mol. The predicted octanol–water partition coefficient (Wildman–Crippen LogP) is 6.75. The van der Waals surface area contributed by atoms with E-state index in [2.05, 4.69) is 114 Å². The van der Waals surface area contributed by atoms with E-state index in [-0.39, 0.29) is 6.23 Å². The Morgan fingerprint density at radius 1 is 0.897 bits per heavy atom. The minimum atomic E-state index is 0.141. The van der Waals surface area contributed by atoms with Crippen LogP contribution in [0.5, 0.6) is 5.75 Å². The van der Waals surface area contributed by atoms with Crippen LogP contribution in [0.4, 0.5) is 0 Å². The van der Waals surface area contributed by atoms with Crippen molar-refractivity contribution < 1.29 is 4.74 Å². The molecule has 0 bridgehead atoms. The molecule has 1 atom stereocenters. The molecule has 0 saturated carbocycles. The third-order valence-electron chi connectivity index (χ3n) is 5.35. The standard InChI is InChI=1S/C26H26INO/c1-2-24(19-7-4-3-5-8-19)26(20-10-14-22(27)15-11-20)21-12-16-23(17-13-21)29-25-9-6-18-28-25/h3-5,7-8,10-17,25,28H,2,6,9,18H2,1H3/b26-24-. The van der Waals surface area contributed by atoms with Crippen molar-refractivity contribution in [2.24, 2.45) is 0 Å². The molecule has 29 heavy (non-hydrogen) atoms. The van der Waals surface area contributed by atoms with Gasteiger partial charge in [-0.15, -0.1) is 0 Å². The number of rotatable bonds is 6. The Balaban J connectivity index is 1.76. The third-order valence-corrected chi connectivity index (χ3v) is 6.07. The monoisotopic (exact) mass is 495 g/mol. The van der Waals surface area contributed by atoms with Gasteiger partial charge in [-0.1, -0.05) is 61.5 Å². The zero-order valence-electron chi connectivity index (χ0n) is 16.7. The van der Waals surface area contributed by atoms with Gasteiger partial charge in [0.05, 0.1) is 0 Å². The summed E-state index contributed by atoms with van der Waals surface area (Å²) in [5.41, 5.74) is 6.40. The Hall–Kier alpha value is -2.11. The first-order chi connectivity index (χ1) is 14.2. The van der Waals surface area contributed by atoms with Crippen molar-refractivity contribution in [2.45, 2.75) is 32.4 Å². The number of benzene rings is 3. The van der Waals surface area contributed by atoms with Crippen molar-refractivity contribution in [3.8, 4) is 5.75 Å². The van der Waals surface area contributed by atoms with Crippen LogP contribution >= 0.6 is 22.6 Å². The van der Waals surface area contributed by atoms with Crippen LogP contribution in [0, 0.1) is 3.57 Å². The molecule has 0 aromatic heterocycles. The minimum Gasteiger partial charge on any atom is -0.475 e. The van der Waals surface area contributed by atoms with Gasteiger partial charge in [0, 0.05) is 3.57 Å². The van der Waals surface area contributed by atoms with Gasteiger partial charge < -0.3 is 4.74 Å². The molecule has 0 spiro atoms. The molecule has 1 saturated heterocycles. The molecule has 3 aromatic rings. The largest absolute Gasteiger partial charge is 0.475 e. The highest BCUT2D eigenvalue weighted by Crippen LogP contribution is 2.35. The van der Waals surface area contributed by atoms with Crippen molar-refractivity contribution >= 4 is 33.7 Å². The van der Waals surface area contributed by atoms with E-state index in [0.717, 1.165) is 25.1 Å². The molecule has 1 fully saturated rings. The lowest BCUT2D eigenvalue weighted by Crippen LogP contribution is -2.27. The fourth-order valence-corrected chi connectivity index (χ4v) is 4.27. The highest BCUT2D eigenvalue weighted by molar-refractivity contribution is 14.1. The highest BCUT2D eigenvalue weighted by atomic mass is 127. The van der Waals surface area contributed by atoms with Crippen LogP contribution in [-0.2, 0) is 0 Å². The lowest BCUT2D eigenvalue weighted by molar-refractivity contribution is 0.187. The molecule has 0 amide bonds. The Morgan fingerprint density at radius 2 is 1.55 bits per heavy atom. The first-order valence-electron chi connectivity index (χ1n) is 10.3. The molecule has 0 radical (unpaired) electrons. The normalized spacial score (nSPS) is 17.1. The summed E-state index contributed by atoms with van der Waals surface area (Å²) in [7, 11) is 0. The van der Waals surface area contributed by atoms with Crippen molar-refractivity contribution in [3.05, 3.63) is 99.1 Å². The van der Waals surface area contributed by atoms with Crippen molar-refractivity contribution in [3.63, 3.8) is 0 Å². The van der Waals surface area contributed by atoms with Crippen LogP contribution in [0.2, 0.25) is 0 Å². The summed E-state index contributed by atoms with van der Waals surface area (Å²) in [4.78, 5) is 0. The van der Waals surface area contributed by atoms with Crippen molar-refractivity contribution in [1.29, 1.82) is 0 Å². The first kappa shape index (κ1) is 20.2. The average Bonchev–Trinajstić information content (AvgIpc) is 3.27. The second-order valence-corrected chi connectivity index (χ2v) is 8.55. The van der Waals surface area contributed by atoms with Gasteiger partial charge in [-0.2, -0.15) is 0 Å². The third kappa shape index (κ3) is 4.90. The SMILES string of the molecule is CC/C(=C(\c1ccc(I)cc1)c1ccc(OC2CCCN2)cc1)c1ccccc1. The van der Waals surface area contributed by atoms with Crippen LogP contribution < -0.4 is 10.1 Å². The molecule has 1 aliphatic heterocycles. The summed E-state index contributed by atoms with van der Waals surface area (Å²) in [5.74, 6) is 0.924. The average molecular weight is 495 g/mol. The Bertz CT molecular complexity index is 956. The molecular formula is C26H26INO. The number of ether oxygens (including phenoxy) is 1. The van der Waals surface area contributed by atoms with Gasteiger partial charge in [0.15, 0.2) is 0 Å². The van der Waals surface area contributed by atoms with Gasteiger partial charge in [-0.05, 0) is 101 Å². The number of allylic oxidation sites excluding steroid dienone is 1. The Morgan fingerprint density at radius 3 is 2.14 bits per heavy atom. The highest BCUT2D eigenvalue weighted by Gasteiger charge is 2.16. The molecule has 0 aliphatic carbocycles. The van der Waals surface area contributed by atoms with E-state index in [1.807, 2.05) is 0 Å². The van der Waals surface area contributed by atoms with E-state index in [1.165, 1.54) is 37.8 Å². The predicted molar refractivity (Wildman–Crippen MR) is 130 cm³/mol. The molecule has 3 aromatic carbocycles. The summed E-state index contributed by atoms with van der Waals surface area (Å²) in [5, 5.41) is 3.39. The van der Waals surface area contributed by atoms with E-state index in [0.29, 0.717) is 0 Å². The molecule has 4 rings (SSSR count). The van der Waals surface area contributed by atoms with Gasteiger partial charge in [0.25, 0.3) is 0 Å².